The van der Waals surface area contributed by atoms with Crippen LogP contribution in [-0.4, -0.2) is 36.7 Å². The van der Waals surface area contributed by atoms with Gasteiger partial charge in [-0.3, -0.25) is 4.99 Å². The van der Waals surface area contributed by atoms with Gasteiger partial charge >= 0.3 is 0 Å². The van der Waals surface area contributed by atoms with Crippen LogP contribution in [-0.2, 0) is 4.74 Å². The van der Waals surface area contributed by atoms with Crippen LogP contribution in [0.3, 0.4) is 0 Å². The summed E-state index contributed by atoms with van der Waals surface area (Å²) in [6.45, 7) is 1.06. The Kier molecular flexibility index (Phi) is 3.85. The molecule has 18 heavy (non-hydrogen) atoms. The zero-order valence-electron chi connectivity index (χ0n) is 11.3. The first-order chi connectivity index (χ1) is 8.80. The second-order valence-electron chi connectivity index (χ2n) is 6.14. The molecule has 0 radical (unpaired) electrons. The van der Waals surface area contributed by atoms with Crippen LogP contribution in [0.4, 0.5) is 0 Å². The summed E-state index contributed by atoms with van der Waals surface area (Å²) in [5.74, 6) is 1.28. The molecular formula is C14H24N2OS. The zero-order valence-corrected chi connectivity index (χ0v) is 12.1. The first kappa shape index (κ1) is 12.8. The minimum atomic E-state index is 0.473. The molecule has 4 heteroatoms. The van der Waals surface area contributed by atoms with E-state index in [4.69, 9.17) is 9.73 Å². The number of amidine groups is 1. The molecular weight excluding hydrogens is 244 g/mol. The fourth-order valence-electron chi connectivity index (χ4n) is 3.29. The normalized spacial score (nSPS) is 34.8. The molecule has 2 fully saturated rings. The minimum Gasteiger partial charge on any atom is -0.381 e. The number of nitrogens with one attached hydrogen (secondary N) is 1. The lowest BCUT2D eigenvalue weighted by molar-refractivity contribution is 0.0228. The molecule has 0 atom stereocenters. The summed E-state index contributed by atoms with van der Waals surface area (Å²) in [7, 11) is 1.81. The van der Waals surface area contributed by atoms with E-state index < -0.39 is 0 Å². The first-order valence-corrected chi connectivity index (χ1v) is 8.25. The van der Waals surface area contributed by atoms with Crippen molar-refractivity contribution in [1.29, 1.82) is 0 Å². The highest BCUT2D eigenvalue weighted by Crippen LogP contribution is 2.41. The fourth-order valence-corrected chi connectivity index (χ4v) is 4.52. The van der Waals surface area contributed by atoms with Crippen molar-refractivity contribution in [1.82, 2.24) is 5.32 Å². The average Bonchev–Trinajstić information content (AvgIpc) is 2.37. The highest BCUT2D eigenvalue weighted by atomic mass is 32.2. The van der Waals surface area contributed by atoms with Gasteiger partial charge in [0.2, 0.25) is 0 Å². The highest BCUT2D eigenvalue weighted by molar-refractivity contribution is 8.13. The van der Waals surface area contributed by atoms with Gasteiger partial charge in [0.05, 0.1) is 6.10 Å². The van der Waals surface area contributed by atoms with Crippen molar-refractivity contribution in [3.63, 3.8) is 0 Å². The van der Waals surface area contributed by atoms with E-state index in [1.165, 1.54) is 43.0 Å². The molecule has 0 saturated heterocycles. The maximum Gasteiger partial charge on any atom is 0.156 e. The molecule has 2 saturated carbocycles. The lowest BCUT2D eigenvalue weighted by atomic mass is 9.75. The van der Waals surface area contributed by atoms with Gasteiger partial charge in [0.25, 0.3) is 0 Å². The molecule has 1 spiro atoms. The van der Waals surface area contributed by atoms with E-state index in [0.717, 1.165) is 19.4 Å². The maximum atomic E-state index is 5.31. The van der Waals surface area contributed by atoms with Gasteiger partial charge in [-0.15, -0.1) is 0 Å². The van der Waals surface area contributed by atoms with E-state index in [1.54, 1.807) is 7.11 Å². The van der Waals surface area contributed by atoms with Crippen LogP contribution in [0.5, 0.6) is 0 Å². The number of nitrogens with zero attached hydrogens (tertiary/aromatic N) is 1. The number of methoxy groups -OCH3 is 1. The quantitative estimate of drug-likeness (QED) is 0.836. The summed E-state index contributed by atoms with van der Waals surface area (Å²) >= 11 is 1.95. The molecule has 2 aliphatic carbocycles. The molecule has 1 heterocycles. The highest BCUT2D eigenvalue weighted by Gasteiger charge is 2.36. The standard InChI is InChI=1S/C14H24N2OS/c1-17-12-7-11(8-12)16-13-15-9-14(10-18-13)5-3-2-4-6-14/h11-12H,2-10H2,1H3,(H,15,16). The van der Waals surface area contributed by atoms with Crippen LogP contribution in [0.15, 0.2) is 4.99 Å². The Bertz CT molecular complexity index is 320. The molecule has 3 rings (SSSR count). The summed E-state index contributed by atoms with van der Waals surface area (Å²) in [5.41, 5.74) is 0.544. The number of aliphatic imine (C=N–C) groups is 1. The summed E-state index contributed by atoms with van der Waals surface area (Å²) in [4.78, 5) is 4.81. The molecule has 0 aromatic rings. The Morgan fingerprint density at radius 2 is 2.06 bits per heavy atom. The van der Waals surface area contributed by atoms with Crippen LogP contribution in [0, 0.1) is 5.41 Å². The number of rotatable bonds is 2. The van der Waals surface area contributed by atoms with E-state index in [1.807, 2.05) is 11.8 Å². The molecule has 1 N–H and O–H groups in total. The number of thioether (sulfide) groups is 1. The van der Waals surface area contributed by atoms with Crippen LogP contribution >= 0.6 is 11.8 Å². The molecule has 0 aromatic heterocycles. The van der Waals surface area contributed by atoms with Crippen molar-refractivity contribution in [2.24, 2.45) is 10.4 Å². The van der Waals surface area contributed by atoms with Gasteiger partial charge in [-0.1, -0.05) is 31.0 Å². The van der Waals surface area contributed by atoms with Crippen molar-refractivity contribution in [3.05, 3.63) is 0 Å². The van der Waals surface area contributed by atoms with Crippen molar-refractivity contribution < 1.29 is 4.74 Å². The summed E-state index contributed by atoms with van der Waals surface area (Å²) in [6, 6.07) is 0.599. The van der Waals surface area contributed by atoms with Gasteiger partial charge in [0.1, 0.15) is 0 Å². The zero-order chi connectivity index (χ0) is 12.4. The number of hydrogen-bond acceptors (Lipinski definition) is 4. The van der Waals surface area contributed by atoms with E-state index in [9.17, 15) is 0 Å². The van der Waals surface area contributed by atoms with E-state index >= 15 is 0 Å². The molecule has 1 aliphatic heterocycles. The Morgan fingerprint density at radius 3 is 2.67 bits per heavy atom. The van der Waals surface area contributed by atoms with E-state index in [2.05, 4.69) is 5.32 Å². The molecule has 0 aromatic carbocycles. The van der Waals surface area contributed by atoms with Gasteiger partial charge in [0.15, 0.2) is 5.17 Å². The summed E-state index contributed by atoms with van der Waals surface area (Å²) in [5, 5.41) is 4.76. The van der Waals surface area contributed by atoms with Gasteiger partial charge < -0.3 is 10.1 Å². The second-order valence-corrected chi connectivity index (χ2v) is 7.11. The van der Waals surface area contributed by atoms with E-state index in [0.29, 0.717) is 17.6 Å². The van der Waals surface area contributed by atoms with Crippen molar-refractivity contribution >= 4 is 16.9 Å². The third-order valence-electron chi connectivity index (χ3n) is 4.74. The Hall–Kier alpha value is -0.220. The second kappa shape index (κ2) is 5.41. The first-order valence-electron chi connectivity index (χ1n) is 7.26. The van der Waals surface area contributed by atoms with Crippen molar-refractivity contribution in [2.45, 2.75) is 57.1 Å². The maximum absolute atomic E-state index is 5.31. The largest absolute Gasteiger partial charge is 0.381 e. The third-order valence-corrected chi connectivity index (χ3v) is 6.02. The Labute approximate surface area is 114 Å². The summed E-state index contributed by atoms with van der Waals surface area (Å²) in [6.07, 6.45) is 9.80. The molecule has 3 nitrogen and oxygen atoms in total. The molecule has 102 valence electrons. The average molecular weight is 268 g/mol. The van der Waals surface area contributed by atoms with Gasteiger partial charge in [-0.2, -0.15) is 0 Å². The van der Waals surface area contributed by atoms with Gasteiger partial charge in [-0.05, 0) is 31.1 Å². The topological polar surface area (TPSA) is 33.6 Å². The predicted molar refractivity (Wildman–Crippen MR) is 77.2 cm³/mol. The Morgan fingerprint density at radius 1 is 1.28 bits per heavy atom. The Balaban J connectivity index is 1.48. The minimum absolute atomic E-state index is 0.473. The lowest BCUT2D eigenvalue weighted by Gasteiger charge is -2.40. The molecule has 0 amide bonds. The van der Waals surface area contributed by atoms with E-state index in [-0.39, 0.29) is 0 Å². The van der Waals surface area contributed by atoms with Gasteiger partial charge in [0, 0.05) is 25.4 Å². The van der Waals surface area contributed by atoms with Crippen molar-refractivity contribution in [2.75, 3.05) is 19.4 Å². The molecule has 3 aliphatic rings. The van der Waals surface area contributed by atoms with Crippen LogP contribution in [0.1, 0.15) is 44.9 Å². The number of hydrogen-bond donors (Lipinski definition) is 1. The fraction of sp³-hybridized carbons (Fsp3) is 0.929. The van der Waals surface area contributed by atoms with Crippen LogP contribution < -0.4 is 5.32 Å². The molecule has 0 unspecified atom stereocenters. The predicted octanol–water partition coefficient (Wildman–Crippen LogP) is 2.81. The van der Waals surface area contributed by atoms with Crippen molar-refractivity contribution in [3.8, 4) is 0 Å². The van der Waals surface area contributed by atoms with Crippen LogP contribution in [0.2, 0.25) is 0 Å². The monoisotopic (exact) mass is 268 g/mol. The van der Waals surface area contributed by atoms with Gasteiger partial charge in [-0.25, -0.2) is 0 Å². The SMILES string of the molecule is COC1CC(NC2=NCC3(CCCCC3)CS2)C1. The molecule has 0 bridgehead atoms. The lowest BCUT2D eigenvalue weighted by Crippen LogP contribution is -2.48. The summed E-state index contributed by atoms with van der Waals surface area (Å²) < 4.78 is 5.31. The smallest absolute Gasteiger partial charge is 0.156 e. The third kappa shape index (κ3) is 2.69. The van der Waals surface area contributed by atoms with Crippen LogP contribution in [0.25, 0.3) is 0 Å². The number of ether oxygens (including phenoxy) is 1.